The van der Waals surface area contributed by atoms with E-state index in [2.05, 4.69) is 16.8 Å². The Bertz CT molecular complexity index is 379. The van der Waals surface area contributed by atoms with Crippen LogP contribution in [0.4, 0.5) is 0 Å². The van der Waals surface area contributed by atoms with E-state index in [4.69, 9.17) is 0 Å². The maximum absolute atomic E-state index is 12.1. The molecule has 1 atom stereocenters. The molecule has 1 aliphatic heterocycles. The van der Waals surface area contributed by atoms with Crippen molar-refractivity contribution in [3.8, 4) is 0 Å². The van der Waals surface area contributed by atoms with Gasteiger partial charge in [-0.05, 0) is 49.2 Å². The molecule has 1 aromatic rings. The number of piperidine rings is 1. The molecule has 1 N–H and O–H groups in total. The molecular formula is C13H17NOS. The third kappa shape index (κ3) is 1.82. The highest BCUT2D eigenvalue weighted by Gasteiger charge is 2.56. The first kappa shape index (κ1) is 10.5. The largest absolute Gasteiger partial charge is 0.317 e. The predicted molar refractivity (Wildman–Crippen MR) is 65.7 cm³/mol. The molecule has 1 spiro atoms. The lowest BCUT2D eigenvalue weighted by atomic mass is 9.90. The van der Waals surface area contributed by atoms with Crippen molar-refractivity contribution < 1.29 is 4.79 Å². The lowest BCUT2D eigenvalue weighted by molar-refractivity contribution is -0.120. The number of thiophene rings is 1. The summed E-state index contributed by atoms with van der Waals surface area (Å²) in [6.07, 6.45) is 4.22. The Hall–Kier alpha value is -0.670. The van der Waals surface area contributed by atoms with Crippen molar-refractivity contribution in [3.05, 3.63) is 22.4 Å². The zero-order valence-corrected chi connectivity index (χ0v) is 10.2. The Morgan fingerprint density at radius 1 is 1.50 bits per heavy atom. The van der Waals surface area contributed by atoms with Gasteiger partial charge in [0.15, 0.2) is 0 Å². The Kier molecular flexibility index (Phi) is 2.60. The normalized spacial score (nSPS) is 26.9. The van der Waals surface area contributed by atoms with Crippen LogP contribution in [0.2, 0.25) is 0 Å². The zero-order valence-electron chi connectivity index (χ0n) is 9.37. The third-order valence-corrected chi connectivity index (χ3v) is 4.98. The summed E-state index contributed by atoms with van der Waals surface area (Å²) in [4.78, 5) is 13.4. The molecule has 1 unspecified atom stereocenters. The second-order valence-electron chi connectivity index (χ2n) is 5.09. The fourth-order valence-corrected chi connectivity index (χ4v) is 3.70. The van der Waals surface area contributed by atoms with Crippen molar-refractivity contribution in [2.75, 3.05) is 13.1 Å². The Labute approximate surface area is 100 Å². The van der Waals surface area contributed by atoms with Crippen LogP contribution in [0.15, 0.2) is 17.5 Å². The number of carbonyl (C=O) groups is 1. The highest BCUT2D eigenvalue weighted by atomic mass is 32.1. The predicted octanol–water partition coefficient (Wildman–Crippen LogP) is 2.25. The Balaban J connectivity index is 1.61. The summed E-state index contributed by atoms with van der Waals surface area (Å²) >= 11 is 1.70. The van der Waals surface area contributed by atoms with Gasteiger partial charge in [0.05, 0.1) is 0 Å². The highest BCUT2D eigenvalue weighted by Crippen LogP contribution is 2.59. The van der Waals surface area contributed by atoms with Crippen LogP contribution in [0.3, 0.4) is 0 Å². The second-order valence-corrected chi connectivity index (χ2v) is 6.12. The lowest BCUT2D eigenvalue weighted by Crippen LogP contribution is -2.30. The molecule has 0 bridgehead atoms. The summed E-state index contributed by atoms with van der Waals surface area (Å²) in [5, 5.41) is 5.43. The minimum Gasteiger partial charge on any atom is -0.317 e. The summed E-state index contributed by atoms with van der Waals surface area (Å²) in [5.41, 5.74) is 0.402. The van der Waals surface area contributed by atoms with E-state index < -0.39 is 0 Å². The first-order chi connectivity index (χ1) is 7.80. The standard InChI is InChI=1S/C13H17NOS/c15-12(8-10-2-1-7-16-10)11-9-13(11)3-5-14-6-4-13/h1-2,7,11,14H,3-6,8-9H2. The van der Waals surface area contributed by atoms with E-state index in [1.54, 1.807) is 11.3 Å². The average Bonchev–Trinajstić information content (AvgIpc) is 2.76. The SMILES string of the molecule is O=C(Cc1cccs1)C1CC12CCNCC2. The minimum atomic E-state index is 0.372. The maximum Gasteiger partial charge on any atom is 0.141 e. The van der Waals surface area contributed by atoms with Crippen LogP contribution in [0.1, 0.15) is 24.1 Å². The molecule has 2 nitrogen and oxygen atoms in total. The van der Waals surface area contributed by atoms with E-state index in [9.17, 15) is 4.79 Å². The number of hydrogen-bond donors (Lipinski definition) is 1. The summed E-state index contributed by atoms with van der Waals surface area (Å²) in [5.74, 6) is 0.848. The topological polar surface area (TPSA) is 29.1 Å². The number of carbonyl (C=O) groups excluding carboxylic acids is 1. The zero-order chi connectivity index (χ0) is 11.0. The highest BCUT2D eigenvalue weighted by molar-refractivity contribution is 7.10. The van der Waals surface area contributed by atoms with Crippen molar-refractivity contribution >= 4 is 17.1 Å². The summed E-state index contributed by atoms with van der Waals surface area (Å²) in [7, 11) is 0. The summed E-state index contributed by atoms with van der Waals surface area (Å²) in [6, 6.07) is 4.10. The molecule has 1 saturated heterocycles. The molecule has 2 aliphatic rings. The first-order valence-electron chi connectivity index (χ1n) is 6.06. The van der Waals surface area contributed by atoms with Gasteiger partial charge in [0.2, 0.25) is 0 Å². The van der Waals surface area contributed by atoms with Gasteiger partial charge in [-0.1, -0.05) is 6.07 Å². The molecule has 3 heteroatoms. The van der Waals surface area contributed by atoms with Crippen LogP contribution in [0.25, 0.3) is 0 Å². The van der Waals surface area contributed by atoms with E-state index in [1.807, 2.05) is 6.07 Å². The molecule has 0 aromatic carbocycles. The molecule has 0 amide bonds. The average molecular weight is 235 g/mol. The monoisotopic (exact) mass is 235 g/mol. The van der Waals surface area contributed by atoms with Crippen LogP contribution in [0.5, 0.6) is 0 Å². The van der Waals surface area contributed by atoms with Gasteiger partial charge in [0.25, 0.3) is 0 Å². The summed E-state index contributed by atoms with van der Waals surface area (Å²) in [6.45, 7) is 2.20. The number of rotatable bonds is 3. The van der Waals surface area contributed by atoms with Crippen LogP contribution in [-0.4, -0.2) is 18.9 Å². The van der Waals surface area contributed by atoms with Crippen molar-refractivity contribution in [1.29, 1.82) is 0 Å². The number of ketones is 1. The third-order valence-electron chi connectivity index (χ3n) is 4.11. The quantitative estimate of drug-likeness (QED) is 0.870. The van der Waals surface area contributed by atoms with Gasteiger partial charge in [0.1, 0.15) is 5.78 Å². The van der Waals surface area contributed by atoms with E-state index in [1.165, 1.54) is 17.7 Å². The van der Waals surface area contributed by atoms with Crippen molar-refractivity contribution in [2.24, 2.45) is 11.3 Å². The molecule has 1 aliphatic carbocycles. The smallest absolute Gasteiger partial charge is 0.141 e. The molecule has 2 fully saturated rings. The molecule has 2 heterocycles. The van der Waals surface area contributed by atoms with E-state index in [0.29, 0.717) is 23.5 Å². The van der Waals surface area contributed by atoms with E-state index in [0.717, 1.165) is 19.5 Å². The number of Topliss-reactive ketones (excluding diaryl/α,β-unsaturated/α-hetero) is 1. The maximum atomic E-state index is 12.1. The van der Waals surface area contributed by atoms with Gasteiger partial charge in [-0.25, -0.2) is 0 Å². The van der Waals surface area contributed by atoms with Crippen molar-refractivity contribution in [2.45, 2.75) is 25.7 Å². The van der Waals surface area contributed by atoms with Gasteiger partial charge in [-0.15, -0.1) is 11.3 Å². The van der Waals surface area contributed by atoms with Gasteiger partial charge >= 0.3 is 0 Å². The lowest BCUT2D eigenvalue weighted by Gasteiger charge is -2.23. The molecule has 0 radical (unpaired) electrons. The Morgan fingerprint density at radius 2 is 2.31 bits per heavy atom. The van der Waals surface area contributed by atoms with Crippen LogP contribution >= 0.6 is 11.3 Å². The van der Waals surface area contributed by atoms with E-state index in [-0.39, 0.29) is 0 Å². The molecule has 1 aromatic heterocycles. The van der Waals surface area contributed by atoms with Gasteiger partial charge in [0, 0.05) is 17.2 Å². The van der Waals surface area contributed by atoms with Crippen molar-refractivity contribution in [1.82, 2.24) is 5.32 Å². The van der Waals surface area contributed by atoms with E-state index >= 15 is 0 Å². The number of hydrogen-bond acceptors (Lipinski definition) is 3. The first-order valence-corrected chi connectivity index (χ1v) is 6.94. The van der Waals surface area contributed by atoms with Gasteiger partial charge in [-0.3, -0.25) is 4.79 Å². The molecular weight excluding hydrogens is 218 g/mol. The second kappa shape index (κ2) is 3.97. The summed E-state index contributed by atoms with van der Waals surface area (Å²) < 4.78 is 0. The van der Waals surface area contributed by atoms with Crippen LogP contribution in [0, 0.1) is 11.3 Å². The Morgan fingerprint density at radius 3 is 3.00 bits per heavy atom. The van der Waals surface area contributed by atoms with Gasteiger partial charge in [-0.2, -0.15) is 0 Å². The minimum absolute atomic E-state index is 0.372. The molecule has 1 saturated carbocycles. The molecule has 16 heavy (non-hydrogen) atoms. The fraction of sp³-hybridized carbons (Fsp3) is 0.615. The van der Waals surface area contributed by atoms with Crippen LogP contribution in [-0.2, 0) is 11.2 Å². The van der Waals surface area contributed by atoms with Crippen LogP contribution < -0.4 is 5.32 Å². The van der Waals surface area contributed by atoms with Crippen molar-refractivity contribution in [3.63, 3.8) is 0 Å². The molecule has 86 valence electrons. The number of nitrogens with one attached hydrogen (secondary N) is 1. The fourth-order valence-electron chi connectivity index (χ4n) is 2.99. The van der Waals surface area contributed by atoms with Gasteiger partial charge < -0.3 is 5.32 Å². The molecule has 3 rings (SSSR count).